The molecule has 5 heteroatoms. The summed E-state index contributed by atoms with van der Waals surface area (Å²) in [5.41, 5.74) is 1.33. The second kappa shape index (κ2) is 5.38. The number of fused-ring (bicyclic) bond motifs is 1. The van der Waals surface area contributed by atoms with Gasteiger partial charge in [0.25, 0.3) is 0 Å². The minimum Gasteiger partial charge on any atom is -0.349 e. The van der Waals surface area contributed by atoms with Crippen LogP contribution in [0, 0.1) is 0 Å². The van der Waals surface area contributed by atoms with Gasteiger partial charge in [0.2, 0.25) is 5.91 Å². The summed E-state index contributed by atoms with van der Waals surface area (Å²) in [5.74, 6) is 0.166. The lowest BCUT2D eigenvalue weighted by Gasteiger charge is -2.14. The third-order valence-electron chi connectivity index (χ3n) is 3.08. The van der Waals surface area contributed by atoms with Crippen molar-refractivity contribution in [3.63, 3.8) is 0 Å². The van der Waals surface area contributed by atoms with Gasteiger partial charge in [-0.05, 0) is 24.5 Å². The number of rotatable bonds is 4. The fourth-order valence-corrected chi connectivity index (χ4v) is 3.48. The first-order valence-electron chi connectivity index (χ1n) is 5.79. The number of nitrogens with zero attached hydrogens (tertiary/aromatic N) is 1. The van der Waals surface area contributed by atoms with Crippen LogP contribution in [0.1, 0.15) is 29.3 Å². The third kappa shape index (κ3) is 3.00. The minimum atomic E-state index is 0.166. The monoisotopic (exact) mass is 272 g/mol. The van der Waals surface area contributed by atoms with Gasteiger partial charge in [0.1, 0.15) is 0 Å². The minimum absolute atomic E-state index is 0.166. The number of nitrogens with one attached hydrogen (secondary N) is 1. The smallest absolute Gasteiger partial charge is 0.223 e. The first kappa shape index (κ1) is 12.9. The molecule has 1 aromatic heterocycles. The van der Waals surface area contributed by atoms with Crippen molar-refractivity contribution < 1.29 is 4.79 Å². The second-order valence-corrected chi connectivity index (χ2v) is 6.28. The molecule has 0 fully saturated rings. The maximum Gasteiger partial charge on any atom is 0.223 e. The Kier molecular flexibility index (Phi) is 4.07. The van der Waals surface area contributed by atoms with Crippen molar-refractivity contribution >= 4 is 28.8 Å². The van der Waals surface area contributed by atoms with E-state index in [9.17, 15) is 4.79 Å². The molecule has 0 saturated heterocycles. The SMILES string of the molecule is CN(C)C(=O)CCNC1CCc2sc(Cl)cc21. The first-order chi connectivity index (χ1) is 8.08. The molecule has 0 aromatic carbocycles. The summed E-state index contributed by atoms with van der Waals surface area (Å²) < 4.78 is 0.867. The molecule has 94 valence electrons. The Morgan fingerprint density at radius 3 is 3.12 bits per heavy atom. The Morgan fingerprint density at radius 1 is 1.65 bits per heavy atom. The van der Waals surface area contributed by atoms with Crippen molar-refractivity contribution in [2.24, 2.45) is 0 Å². The lowest BCUT2D eigenvalue weighted by atomic mass is 10.2. The Bertz CT molecular complexity index is 417. The van der Waals surface area contributed by atoms with Crippen molar-refractivity contribution in [2.45, 2.75) is 25.3 Å². The molecule has 2 rings (SSSR count). The fourth-order valence-electron chi connectivity index (χ4n) is 2.12. The summed E-state index contributed by atoms with van der Waals surface area (Å²) in [6.07, 6.45) is 2.78. The number of thiophene rings is 1. The number of hydrogen-bond donors (Lipinski definition) is 1. The van der Waals surface area contributed by atoms with E-state index < -0.39 is 0 Å². The molecule has 0 aliphatic heterocycles. The number of carbonyl (C=O) groups is 1. The van der Waals surface area contributed by atoms with Gasteiger partial charge in [0.15, 0.2) is 0 Å². The van der Waals surface area contributed by atoms with Crippen molar-refractivity contribution in [3.8, 4) is 0 Å². The average Bonchev–Trinajstić information content (AvgIpc) is 2.78. The Balaban J connectivity index is 1.83. The van der Waals surface area contributed by atoms with E-state index in [0.717, 1.165) is 23.7 Å². The summed E-state index contributed by atoms with van der Waals surface area (Å²) in [7, 11) is 3.57. The highest BCUT2D eigenvalue weighted by molar-refractivity contribution is 7.16. The number of aryl methyl sites for hydroxylation is 1. The van der Waals surface area contributed by atoms with E-state index >= 15 is 0 Å². The molecule has 1 heterocycles. The van der Waals surface area contributed by atoms with Gasteiger partial charge < -0.3 is 10.2 Å². The molecule has 0 spiro atoms. The lowest BCUT2D eigenvalue weighted by molar-refractivity contribution is -0.128. The van der Waals surface area contributed by atoms with Gasteiger partial charge in [-0.15, -0.1) is 11.3 Å². The van der Waals surface area contributed by atoms with E-state index in [0.29, 0.717) is 12.5 Å². The molecular formula is C12H17ClN2OS. The molecule has 1 aliphatic carbocycles. The van der Waals surface area contributed by atoms with Crippen LogP contribution >= 0.6 is 22.9 Å². The summed E-state index contributed by atoms with van der Waals surface area (Å²) >= 11 is 7.68. The molecule has 0 bridgehead atoms. The van der Waals surface area contributed by atoms with E-state index in [4.69, 9.17) is 11.6 Å². The lowest BCUT2D eigenvalue weighted by Crippen LogP contribution is -2.28. The molecule has 3 nitrogen and oxygen atoms in total. The summed E-state index contributed by atoms with van der Waals surface area (Å²) in [6.45, 7) is 0.731. The zero-order chi connectivity index (χ0) is 12.4. The maximum atomic E-state index is 11.4. The Hall–Kier alpha value is -0.580. The molecule has 1 aliphatic rings. The summed E-state index contributed by atoms with van der Waals surface area (Å²) in [4.78, 5) is 14.5. The van der Waals surface area contributed by atoms with E-state index in [2.05, 4.69) is 11.4 Å². The zero-order valence-electron chi connectivity index (χ0n) is 10.1. The average molecular weight is 273 g/mol. The van der Waals surface area contributed by atoms with Crippen LogP contribution in [0.2, 0.25) is 4.34 Å². The van der Waals surface area contributed by atoms with E-state index in [1.165, 1.54) is 10.4 Å². The largest absolute Gasteiger partial charge is 0.349 e. The Labute approximate surface area is 111 Å². The highest BCUT2D eigenvalue weighted by Crippen LogP contribution is 2.39. The van der Waals surface area contributed by atoms with Gasteiger partial charge >= 0.3 is 0 Å². The van der Waals surface area contributed by atoms with Crippen molar-refractivity contribution in [2.75, 3.05) is 20.6 Å². The van der Waals surface area contributed by atoms with E-state index in [1.807, 2.05) is 0 Å². The van der Waals surface area contributed by atoms with Gasteiger partial charge in [0, 0.05) is 38.0 Å². The molecule has 0 radical (unpaired) electrons. The summed E-state index contributed by atoms with van der Waals surface area (Å²) in [6, 6.07) is 2.43. The number of amides is 1. The van der Waals surface area contributed by atoms with E-state index in [-0.39, 0.29) is 5.91 Å². The third-order valence-corrected chi connectivity index (χ3v) is 4.42. The van der Waals surface area contributed by atoms with Crippen LogP contribution in [0.3, 0.4) is 0 Å². The highest BCUT2D eigenvalue weighted by atomic mass is 35.5. The van der Waals surface area contributed by atoms with Gasteiger partial charge in [-0.2, -0.15) is 0 Å². The number of hydrogen-bond acceptors (Lipinski definition) is 3. The summed E-state index contributed by atoms with van der Waals surface area (Å²) in [5, 5.41) is 3.44. The predicted molar refractivity (Wildman–Crippen MR) is 71.7 cm³/mol. The van der Waals surface area contributed by atoms with Crippen LogP contribution < -0.4 is 5.32 Å². The van der Waals surface area contributed by atoms with Crippen LogP contribution in [0.15, 0.2) is 6.07 Å². The Morgan fingerprint density at radius 2 is 2.41 bits per heavy atom. The van der Waals surface area contributed by atoms with E-state index in [1.54, 1.807) is 30.3 Å². The normalized spacial score (nSPS) is 18.2. The molecule has 0 saturated carbocycles. The maximum absolute atomic E-state index is 11.4. The van der Waals surface area contributed by atoms with Crippen molar-refractivity contribution in [1.82, 2.24) is 10.2 Å². The molecule has 1 atom stereocenters. The van der Waals surface area contributed by atoms with Crippen LogP contribution in [0.5, 0.6) is 0 Å². The predicted octanol–water partition coefficient (Wildman–Crippen LogP) is 2.46. The number of halogens is 1. The van der Waals surface area contributed by atoms with Crippen LogP contribution in [0.25, 0.3) is 0 Å². The fraction of sp³-hybridized carbons (Fsp3) is 0.583. The van der Waals surface area contributed by atoms with Crippen molar-refractivity contribution in [1.29, 1.82) is 0 Å². The quantitative estimate of drug-likeness (QED) is 0.913. The number of carbonyl (C=O) groups excluding carboxylic acids is 1. The highest BCUT2D eigenvalue weighted by Gasteiger charge is 2.24. The van der Waals surface area contributed by atoms with Crippen LogP contribution in [-0.4, -0.2) is 31.4 Å². The van der Waals surface area contributed by atoms with Gasteiger partial charge in [-0.25, -0.2) is 0 Å². The van der Waals surface area contributed by atoms with Gasteiger partial charge in [-0.3, -0.25) is 4.79 Å². The van der Waals surface area contributed by atoms with Crippen LogP contribution in [-0.2, 0) is 11.2 Å². The molecule has 1 N–H and O–H groups in total. The molecule has 1 amide bonds. The van der Waals surface area contributed by atoms with Gasteiger partial charge in [-0.1, -0.05) is 11.6 Å². The zero-order valence-corrected chi connectivity index (χ0v) is 11.7. The first-order valence-corrected chi connectivity index (χ1v) is 6.99. The second-order valence-electron chi connectivity index (χ2n) is 4.51. The van der Waals surface area contributed by atoms with Gasteiger partial charge in [0.05, 0.1) is 4.34 Å². The van der Waals surface area contributed by atoms with Crippen molar-refractivity contribution in [3.05, 3.63) is 20.8 Å². The topological polar surface area (TPSA) is 32.3 Å². The molecule has 1 unspecified atom stereocenters. The van der Waals surface area contributed by atoms with Crippen LogP contribution in [0.4, 0.5) is 0 Å². The molecule has 1 aromatic rings. The molecule has 17 heavy (non-hydrogen) atoms. The standard InChI is InChI=1S/C12H17ClN2OS/c1-15(2)12(16)5-6-14-9-3-4-10-8(9)7-11(13)17-10/h7,9,14H,3-6H2,1-2H3. The molecular weight excluding hydrogens is 256 g/mol.